The quantitative estimate of drug-likeness (QED) is 0.672. The average molecular weight is 425 g/mol. The summed E-state index contributed by atoms with van der Waals surface area (Å²) in [4.78, 5) is 15.4. The van der Waals surface area contributed by atoms with Crippen molar-refractivity contribution in [1.82, 2.24) is 14.7 Å². The molecule has 5 nitrogen and oxygen atoms in total. The molecular weight excluding hydrogens is 396 g/mol. The number of hydrogen-bond acceptors (Lipinski definition) is 3. The highest BCUT2D eigenvalue weighted by Crippen LogP contribution is 2.27. The molecule has 1 fully saturated rings. The number of nitrogens with two attached hydrogens (primary N) is 1. The maximum Gasteiger partial charge on any atom is 0.257 e. The van der Waals surface area contributed by atoms with Crippen molar-refractivity contribution < 1.29 is 4.79 Å². The van der Waals surface area contributed by atoms with Gasteiger partial charge in [0.2, 0.25) is 0 Å². The molecular formula is C24H29ClN4O. The van der Waals surface area contributed by atoms with Crippen LogP contribution in [0.15, 0.2) is 60.8 Å². The van der Waals surface area contributed by atoms with E-state index in [1.165, 1.54) is 5.56 Å². The Morgan fingerprint density at radius 3 is 2.50 bits per heavy atom. The van der Waals surface area contributed by atoms with E-state index in [9.17, 15) is 4.79 Å². The van der Waals surface area contributed by atoms with Crippen molar-refractivity contribution in [2.45, 2.75) is 32.7 Å². The number of carbonyl (C=O) groups excluding carboxylic acids is 1. The van der Waals surface area contributed by atoms with Gasteiger partial charge in [0, 0.05) is 30.9 Å². The van der Waals surface area contributed by atoms with E-state index < -0.39 is 0 Å². The molecule has 0 spiro atoms. The fraction of sp³-hybridized carbons (Fsp3) is 0.333. The molecule has 3 aromatic rings. The Morgan fingerprint density at radius 2 is 1.83 bits per heavy atom. The van der Waals surface area contributed by atoms with Gasteiger partial charge in [-0.15, -0.1) is 12.4 Å². The van der Waals surface area contributed by atoms with E-state index in [4.69, 9.17) is 10.8 Å². The third-order valence-electron chi connectivity index (χ3n) is 5.78. The number of halogens is 1. The molecule has 1 aromatic heterocycles. The fourth-order valence-electron chi connectivity index (χ4n) is 3.96. The van der Waals surface area contributed by atoms with Crippen LogP contribution in [0.4, 0.5) is 0 Å². The Balaban J connectivity index is 0.00000256. The molecule has 30 heavy (non-hydrogen) atoms. The van der Waals surface area contributed by atoms with Gasteiger partial charge in [-0.3, -0.25) is 4.79 Å². The summed E-state index contributed by atoms with van der Waals surface area (Å²) in [6.07, 6.45) is 3.94. The van der Waals surface area contributed by atoms with E-state index in [1.54, 1.807) is 0 Å². The minimum absolute atomic E-state index is 0. The highest BCUT2D eigenvalue weighted by atomic mass is 35.5. The van der Waals surface area contributed by atoms with Crippen LogP contribution in [0.5, 0.6) is 0 Å². The predicted octanol–water partition coefficient (Wildman–Crippen LogP) is 4.47. The predicted molar refractivity (Wildman–Crippen MR) is 123 cm³/mol. The summed E-state index contributed by atoms with van der Waals surface area (Å²) in [6.45, 7) is 5.57. The standard InChI is InChI=1S/C24H28N4O.ClH/c1-17-10-12-21(13-11-17)28-16-22(23(26-28)19-7-4-3-5-8-19)24(29)27-14-6-9-20(15-27)18(2)25;/h3-5,7-8,10-13,16,18,20H,6,9,14-15,25H2,1-2H3;1H. The maximum absolute atomic E-state index is 13.5. The summed E-state index contributed by atoms with van der Waals surface area (Å²) in [7, 11) is 0. The molecule has 2 aromatic carbocycles. The lowest BCUT2D eigenvalue weighted by Crippen LogP contribution is -2.45. The van der Waals surface area contributed by atoms with E-state index >= 15 is 0 Å². The van der Waals surface area contributed by atoms with Crippen molar-refractivity contribution in [3.05, 3.63) is 71.9 Å². The first-order chi connectivity index (χ1) is 14.0. The summed E-state index contributed by atoms with van der Waals surface area (Å²) < 4.78 is 1.81. The molecule has 158 valence electrons. The molecule has 2 atom stereocenters. The van der Waals surface area contributed by atoms with Gasteiger partial charge in [-0.05, 0) is 44.7 Å². The minimum atomic E-state index is 0. The van der Waals surface area contributed by atoms with Crippen LogP contribution in [0, 0.1) is 12.8 Å². The number of benzene rings is 2. The van der Waals surface area contributed by atoms with Gasteiger partial charge < -0.3 is 10.6 Å². The summed E-state index contributed by atoms with van der Waals surface area (Å²) in [5.74, 6) is 0.382. The second-order valence-electron chi connectivity index (χ2n) is 8.05. The molecule has 1 aliphatic heterocycles. The van der Waals surface area contributed by atoms with Gasteiger partial charge in [0.15, 0.2) is 0 Å². The Hall–Kier alpha value is -2.63. The smallest absolute Gasteiger partial charge is 0.257 e. The summed E-state index contributed by atoms with van der Waals surface area (Å²) in [6, 6.07) is 18.2. The fourth-order valence-corrected chi connectivity index (χ4v) is 3.96. The number of likely N-dealkylation sites (tertiary alicyclic amines) is 1. The zero-order chi connectivity index (χ0) is 20.4. The number of amides is 1. The van der Waals surface area contributed by atoms with Crippen molar-refractivity contribution in [1.29, 1.82) is 0 Å². The number of aryl methyl sites for hydroxylation is 1. The van der Waals surface area contributed by atoms with Crippen molar-refractivity contribution in [3.63, 3.8) is 0 Å². The average Bonchev–Trinajstić information content (AvgIpc) is 3.20. The van der Waals surface area contributed by atoms with Crippen LogP contribution in [0.25, 0.3) is 16.9 Å². The van der Waals surface area contributed by atoms with Gasteiger partial charge >= 0.3 is 0 Å². The Kier molecular flexibility index (Phi) is 6.95. The molecule has 1 aliphatic rings. The molecule has 0 bridgehead atoms. The summed E-state index contributed by atoms with van der Waals surface area (Å²) in [5, 5.41) is 4.79. The van der Waals surface area contributed by atoms with Gasteiger partial charge in [-0.1, -0.05) is 48.0 Å². The number of rotatable bonds is 4. The summed E-state index contributed by atoms with van der Waals surface area (Å²) in [5.41, 5.74) is 10.6. The molecule has 2 heterocycles. The molecule has 0 radical (unpaired) electrons. The first-order valence-electron chi connectivity index (χ1n) is 10.3. The normalized spacial score (nSPS) is 17.3. The largest absolute Gasteiger partial charge is 0.338 e. The van der Waals surface area contributed by atoms with Crippen LogP contribution < -0.4 is 5.73 Å². The van der Waals surface area contributed by atoms with Crippen molar-refractivity contribution in [3.8, 4) is 16.9 Å². The van der Waals surface area contributed by atoms with Gasteiger partial charge in [-0.2, -0.15) is 5.10 Å². The molecule has 4 rings (SSSR count). The maximum atomic E-state index is 13.5. The Morgan fingerprint density at radius 1 is 1.13 bits per heavy atom. The van der Waals surface area contributed by atoms with Crippen LogP contribution in [0.1, 0.15) is 35.7 Å². The van der Waals surface area contributed by atoms with Crippen molar-refractivity contribution >= 4 is 18.3 Å². The number of nitrogens with zero attached hydrogens (tertiary/aromatic N) is 3. The zero-order valence-corrected chi connectivity index (χ0v) is 18.3. The van der Waals surface area contributed by atoms with E-state index in [1.807, 2.05) is 65.2 Å². The number of piperidine rings is 1. The van der Waals surface area contributed by atoms with Crippen LogP contribution in [-0.2, 0) is 0 Å². The third kappa shape index (κ3) is 4.58. The zero-order valence-electron chi connectivity index (χ0n) is 17.5. The first-order valence-corrected chi connectivity index (χ1v) is 10.3. The molecule has 6 heteroatoms. The van der Waals surface area contributed by atoms with E-state index in [-0.39, 0.29) is 24.4 Å². The first kappa shape index (κ1) is 22.1. The lowest BCUT2D eigenvalue weighted by molar-refractivity contribution is 0.0661. The SMILES string of the molecule is Cc1ccc(-n2cc(C(=O)N3CCCC(C(C)N)C3)c(-c3ccccc3)n2)cc1.Cl. The Bertz CT molecular complexity index is 982. The second-order valence-corrected chi connectivity index (χ2v) is 8.05. The second kappa shape index (κ2) is 9.45. The molecule has 1 saturated heterocycles. The van der Waals surface area contributed by atoms with Crippen LogP contribution >= 0.6 is 12.4 Å². The van der Waals surface area contributed by atoms with E-state index in [2.05, 4.69) is 19.1 Å². The lowest BCUT2D eigenvalue weighted by Gasteiger charge is -2.34. The number of hydrogen-bond donors (Lipinski definition) is 1. The third-order valence-corrected chi connectivity index (χ3v) is 5.78. The molecule has 0 aliphatic carbocycles. The molecule has 0 saturated carbocycles. The lowest BCUT2D eigenvalue weighted by atomic mass is 9.91. The highest BCUT2D eigenvalue weighted by Gasteiger charge is 2.29. The molecule has 1 amide bonds. The summed E-state index contributed by atoms with van der Waals surface area (Å²) >= 11 is 0. The van der Waals surface area contributed by atoms with E-state index in [0.717, 1.165) is 36.3 Å². The number of aromatic nitrogens is 2. The van der Waals surface area contributed by atoms with E-state index in [0.29, 0.717) is 18.0 Å². The minimum Gasteiger partial charge on any atom is -0.338 e. The van der Waals surface area contributed by atoms with Crippen molar-refractivity contribution in [2.75, 3.05) is 13.1 Å². The molecule has 2 unspecified atom stereocenters. The Labute approximate surface area is 184 Å². The topological polar surface area (TPSA) is 64.2 Å². The monoisotopic (exact) mass is 424 g/mol. The van der Waals surface area contributed by atoms with Crippen molar-refractivity contribution in [2.24, 2.45) is 11.7 Å². The van der Waals surface area contributed by atoms with Crippen LogP contribution in [-0.4, -0.2) is 39.7 Å². The highest BCUT2D eigenvalue weighted by molar-refractivity contribution is 6.00. The van der Waals surface area contributed by atoms with Gasteiger partial charge in [0.05, 0.1) is 11.3 Å². The van der Waals surface area contributed by atoms with Gasteiger partial charge in [-0.25, -0.2) is 4.68 Å². The van der Waals surface area contributed by atoms with Gasteiger partial charge in [0.1, 0.15) is 5.69 Å². The molecule has 2 N–H and O–H groups in total. The van der Waals surface area contributed by atoms with Crippen LogP contribution in [0.2, 0.25) is 0 Å². The van der Waals surface area contributed by atoms with Crippen LogP contribution in [0.3, 0.4) is 0 Å². The van der Waals surface area contributed by atoms with Gasteiger partial charge in [0.25, 0.3) is 5.91 Å². The number of carbonyl (C=O) groups is 1.